The quantitative estimate of drug-likeness (QED) is 0.590. The van der Waals surface area contributed by atoms with E-state index >= 15 is 0 Å². The van der Waals surface area contributed by atoms with Crippen molar-refractivity contribution in [3.63, 3.8) is 0 Å². The monoisotopic (exact) mass is 293 g/mol. The topological polar surface area (TPSA) is 64.6 Å². The van der Waals surface area contributed by atoms with Crippen molar-refractivity contribution in [1.82, 2.24) is 0 Å². The molecule has 0 amide bonds. The third-order valence-corrected chi connectivity index (χ3v) is 3.05. The Balaban J connectivity index is 2.55. The SMILES string of the molecule is CCCCOC(=O)c1cccc(NCC(C)C(=O)OC)c1. The molecule has 0 aliphatic rings. The van der Waals surface area contributed by atoms with E-state index in [0.29, 0.717) is 18.7 Å². The van der Waals surface area contributed by atoms with E-state index in [2.05, 4.69) is 10.1 Å². The molecule has 0 aliphatic carbocycles. The van der Waals surface area contributed by atoms with Crippen molar-refractivity contribution in [3.8, 4) is 0 Å². The Morgan fingerprint density at radius 3 is 2.76 bits per heavy atom. The summed E-state index contributed by atoms with van der Waals surface area (Å²) in [6.07, 6.45) is 1.85. The fraction of sp³-hybridized carbons (Fsp3) is 0.500. The number of rotatable bonds is 8. The zero-order chi connectivity index (χ0) is 15.7. The molecule has 1 aromatic carbocycles. The molecule has 1 unspecified atom stereocenters. The Labute approximate surface area is 125 Å². The molecule has 0 fully saturated rings. The second-order valence-electron chi connectivity index (χ2n) is 4.88. The number of anilines is 1. The second-order valence-corrected chi connectivity index (χ2v) is 4.88. The molecule has 1 aromatic rings. The number of hydrogen-bond acceptors (Lipinski definition) is 5. The van der Waals surface area contributed by atoms with Crippen LogP contribution in [0.25, 0.3) is 0 Å². The van der Waals surface area contributed by atoms with Crippen LogP contribution in [0, 0.1) is 5.92 Å². The molecule has 1 rings (SSSR count). The van der Waals surface area contributed by atoms with Gasteiger partial charge in [-0.3, -0.25) is 4.79 Å². The first kappa shape index (κ1) is 17.0. The van der Waals surface area contributed by atoms with Gasteiger partial charge in [-0.05, 0) is 24.6 Å². The van der Waals surface area contributed by atoms with E-state index in [1.807, 2.05) is 13.0 Å². The molecule has 1 atom stereocenters. The molecule has 21 heavy (non-hydrogen) atoms. The smallest absolute Gasteiger partial charge is 0.338 e. The average molecular weight is 293 g/mol. The number of esters is 2. The Morgan fingerprint density at radius 1 is 1.33 bits per heavy atom. The van der Waals surface area contributed by atoms with Gasteiger partial charge in [-0.15, -0.1) is 0 Å². The second kappa shape index (κ2) is 9.00. The number of hydrogen-bond donors (Lipinski definition) is 1. The summed E-state index contributed by atoms with van der Waals surface area (Å²) in [6.45, 7) is 4.70. The number of methoxy groups -OCH3 is 1. The fourth-order valence-corrected chi connectivity index (χ4v) is 1.70. The summed E-state index contributed by atoms with van der Waals surface area (Å²) in [4.78, 5) is 23.2. The summed E-state index contributed by atoms with van der Waals surface area (Å²) in [5.41, 5.74) is 1.28. The van der Waals surface area contributed by atoms with Crippen LogP contribution in [-0.2, 0) is 14.3 Å². The van der Waals surface area contributed by atoms with E-state index in [-0.39, 0.29) is 17.9 Å². The Bertz CT molecular complexity index is 473. The number of carbonyl (C=O) groups is 2. The van der Waals surface area contributed by atoms with Crippen LogP contribution >= 0.6 is 0 Å². The summed E-state index contributed by atoms with van der Waals surface area (Å²) >= 11 is 0. The van der Waals surface area contributed by atoms with Crippen LogP contribution in [0.15, 0.2) is 24.3 Å². The molecule has 0 heterocycles. The highest BCUT2D eigenvalue weighted by Crippen LogP contribution is 2.13. The third kappa shape index (κ3) is 5.85. The predicted octanol–water partition coefficient (Wildman–Crippen LogP) is 2.86. The van der Waals surface area contributed by atoms with Gasteiger partial charge < -0.3 is 14.8 Å². The van der Waals surface area contributed by atoms with Crippen LogP contribution < -0.4 is 5.32 Å². The van der Waals surface area contributed by atoms with Crippen LogP contribution in [0.1, 0.15) is 37.0 Å². The van der Waals surface area contributed by atoms with Gasteiger partial charge in [0.1, 0.15) is 0 Å². The van der Waals surface area contributed by atoms with Gasteiger partial charge in [-0.25, -0.2) is 4.79 Å². The minimum atomic E-state index is -0.326. The summed E-state index contributed by atoms with van der Waals surface area (Å²) in [5, 5.41) is 3.11. The lowest BCUT2D eigenvalue weighted by Gasteiger charge is -2.12. The maximum atomic E-state index is 11.8. The van der Waals surface area contributed by atoms with Gasteiger partial charge in [0.15, 0.2) is 0 Å². The fourth-order valence-electron chi connectivity index (χ4n) is 1.70. The summed E-state index contributed by atoms with van der Waals surface area (Å²) in [5.74, 6) is -0.846. The highest BCUT2D eigenvalue weighted by atomic mass is 16.5. The molecule has 0 saturated carbocycles. The number of benzene rings is 1. The Morgan fingerprint density at radius 2 is 2.10 bits per heavy atom. The molecular formula is C16H23NO4. The Kier molecular flexibility index (Phi) is 7.29. The zero-order valence-electron chi connectivity index (χ0n) is 12.8. The van der Waals surface area contributed by atoms with Crippen molar-refractivity contribution >= 4 is 17.6 Å². The van der Waals surface area contributed by atoms with Crippen LogP contribution in [0.5, 0.6) is 0 Å². The first-order valence-corrected chi connectivity index (χ1v) is 7.17. The highest BCUT2D eigenvalue weighted by Gasteiger charge is 2.13. The lowest BCUT2D eigenvalue weighted by atomic mass is 10.1. The number of ether oxygens (including phenoxy) is 2. The van der Waals surface area contributed by atoms with Gasteiger partial charge in [0.05, 0.1) is 25.2 Å². The lowest BCUT2D eigenvalue weighted by molar-refractivity contribution is -0.144. The molecular weight excluding hydrogens is 270 g/mol. The molecule has 0 saturated heterocycles. The summed E-state index contributed by atoms with van der Waals surface area (Å²) in [7, 11) is 1.37. The standard InChI is InChI=1S/C16H23NO4/c1-4-5-9-21-16(19)13-7-6-8-14(10-13)17-11-12(2)15(18)20-3/h6-8,10,12,17H,4-5,9,11H2,1-3H3. The first-order valence-electron chi connectivity index (χ1n) is 7.17. The summed E-state index contributed by atoms with van der Waals surface area (Å²) in [6, 6.07) is 7.05. The minimum Gasteiger partial charge on any atom is -0.469 e. The van der Waals surface area contributed by atoms with Crippen LogP contribution in [0.2, 0.25) is 0 Å². The zero-order valence-corrected chi connectivity index (χ0v) is 12.8. The van der Waals surface area contributed by atoms with Crippen LogP contribution in [-0.4, -0.2) is 32.2 Å². The largest absolute Gasteiger partial charge is 0.469 e. The maximum absolute atomic E-state index is 11.8. The van der Waals surface area contributed by atoms with E-state index in [9.17, 15) is 9.59 Å². The van der Waals surface area contributed by atoms with Gasteiger partial charge in [0.2, 0.25) is 0 Å². The van der Waals surface area contributed by atoms with Crippen molar-refractivity contribution in [3.05, 3.63) is 29.8 Å². The van der Waals surface area contributed by atoms with Crippen molar-refractivity contribution < 1.29 is 19.1 Å². The number of unbranched alkanes of at least 4 members (excludes halogenated alkanes) is 1. The molecule has 116 valence electrons. The summed E-state index contributed by atoms with van der Waals surface area (Å²) < 4.78 is 9.83. The third-order valence-electron chi connectivity index (χ3n) is 3.05. The average Bonchev–Trinajstić information content (AvgIpc) is 2.52. The number of nitrogens with one attached hydrogen (secondary N) is 1. The van der Waals surface area contributed by atoms with Gasteiger partial charge in [0, 0.05) is 12.2 Å². The van der Waals surface area contributed by atoms with Crippen molar-refractivity contribution in [2.24, 2.45) is 5.92 Å². The van der Waals surface area contributed by atoms with Crippen LogP contribution in [0.4, 0.5) is 5.69 Å². The Hall–Kier alpha value is -2.04. The number of carbonyl (C=O) groups excluding carboxylic acids is 2. The van der Waals surface area contributed by atoms with Gasteiger partial charge in [0.25, 0.3) is 0 Å². The van der Waals surface area contributed by atoms with Gasteiger partial charge >= 0.3 is 11.9 Å². The first-order chi connectivity index (χ1) is 10.1. The van der Waals surface area contributed by atoms with E-state index in [4.69, 9.17) is 4.74 Å². The van der Waals surface area contributed by atoms with Crippen molar-refractivity contribution in [2.45, 2.75) is 26.7 Å². The molecule has 1 N–H and O–H groups in total. The molecule has 5 nitrogen and oxygen atoms in total. The minimum absolute atomic E-state index is 0.254. The van der Waals surface area contributed by atoms with Gasteiger partial charge in [-0.2, -0.15) is 0 Å². The van der Waals surface area contributed by atoms with Crippen molar-refractivity contribution in [2.75, 3.05) is 25.6 Å². The molecule has 0 aliphatic heterocycles. The molecule has 0 spiro atoms. The molecule has 0 bridgehead atoms. The molecule has 5 heteroatoms. The van der Waals surface area contributed by atoms with E-state index in [1.165, 1.54) is 7.11 Å². The normalized spacial score (nSPS) is 11.6. The van der Waals surface area contributed by atoms with E-state index < -0.39 is 0 Å². The van der Waals surface area contributed by atoms with E-state index in [0.717, 1.165) is 18.5 Å². The lowest BCUT2D eigenvalue weighted by Crippen LogP contribution is -2.21. The van der Waals surface area contributed by atoms with E-state index in [1.54, 1.807) is 25.1 Å². The molecule has 0 aromatic heterocycles. The van der Waals surface area contributed by atoms with Gasteiger partial charge in [-0.1, -0.05) is 26.3 Å². The van der Waals surface area contributed by atoms with Crippen LogP contribution in [0.3, 0.4) is 0 Å². The molecule has 0 radical (unpaired) electrons. The predicted molar refractivity (Wildman–Crippen MR) is 81.3 cm³/mol. The van der Waals surface area contributed by atoms with Crippen molar-refractivity contribution in [1.29, 1.82) is 0 Å². The highest BCUT2D eigenvalue weighted by molar-refractivity contribution is 5.90. The maximum Gasteiger partial charge on any atom is 0.338 e.